The second kappa shape index (κ2) is 4.75. The van der Waals surface area contributed by atoms with Crippen molar-refractivity contribution in [3.63, 3.8) is 0 Å². The summed E-state index contributed by atoms with van der Waals surface area (Å²) in [4.78, 5) is 17.2. The fraction of sp³-hybridized carbons (Fsp3) is 0.200. The lowest BCUT2D eigenvalue weighted by molar-refractivity contribution is 0.577. The third-order valence-corrected chi connectivity index (χ3v) is 3.81. The number of H-pyrrole nitrogens is 1. The Morgan fingerprint density at radius 1 is 1.44 bits per heavy atom. The Morgan fingerprint density at radius 2 is 2.22 bits per heavy atom. The van der Waals surface area contributed by atoms with Crippen LogP contribution in [0.1, 0.15) is 5.82 Å². The van der Waals surface area contributed by atoms with Gasteiger partial charge in [-0.15, -0.1) is 0 Å². The molecular weight excluding hydrogens is 256 g/mol. The number of sulfonamides is 1. The van der Waals surface area contributed by atoms with Gasteiger partial charge in [0.05, 0.1) is 11.4 Å². The Kier molecular flexibility index (Phi) is 3.30. The summed E-state index contributed by atoms with van der Waals surface area (Å²) in [7, 11) is -1.87. The lowest BCUT2D eigenvalue weighted by Crippen LogP contribution is -2.25. The van der Waals surface area contributed by atoms with Gasteiger partial charge in [-0.3, -0.25) is 4.79 Å². The summed E-state index contributed by atoms with van der Waals surface area (Å²) in [5.41, 5.74) is -0.349. The van der Waals surface area contributed by atoms with Crippen LogP contribution in [0.25, 0.3) is 0 Å². The maximum absolute atomic E-state index is 11.9. The van der Waals surface area contributed by atoms with Crippen LogP contribution in [0.5, 0.6) is 0 Å². The number of hydrogen-bond donors (Lipinski definition) is 2. The van der Waals surface area contributed by atoms with E-state index >= 15 is 0 Å². The predicted molar refractivity (Wildman–Crippen MR) is 64.3 cm³/mol. The van der Waals surface area contributed by atoms with E-state index in [1.54, 1.807) is 24.0 Å². The molecule has 96 valence electrons. The first-order valence-electron chi connectivity index (χ1n) is 5.14. The van der Waals surface area contributed by atoms with Crippen molar-refractivity contribution < 1.29 is 8.42 Å². The molecule has 2 aromatic rings. The van der Waals surface area contributed by atoms with Crippen LogP contribution >= 0.6 is 0 Å². The molecule has 0 unspecified atom stereocenters. The summed E-state index contributed by atoms with van der Waals surface area (Å²) >= 11 is 0. The minimum absolute atomic E-state index is 0.0105. The predicted octanol–water partition coefficient (Wildman–Crippen LogP) is -0.413. The van der Waals surface area contributed by atoms with Crippen LogP contribution in [0.4, 0.5) is 0 Å². The third-order valence-electron chi connectivity index (χ3n) is 2.41. The summed E-state index contributed by atoms with van der Waals surface area (Å²) in [5.74, 6) is 0.600. The van der Waals surface area contributed by atoms with Crippen molar-refractivity contribution in [2.75, 3.05) is 0 Å². The summed E-state index contributed by atoms with van der Waals surface area (Å²) in [6.45, 7) is 0.0883. The zero-order valence-electron chi connectivity index (χ0n) is 9.62. The molecule has 0 bridgehead atoms. The fourth-order valence-corrected chi connectivity index (χ4v) is 2.32. The molecule has 0 amide bonds. The molecule has 0 saturated heterocycles. The largest absolute Gasteiger partial charge is 0.337 e. The number of pyridine rings is 1. The highest BCUT2D eigenvalue weighted by atomic mass is 32.2. The number of aromatic nitrogens is 3. The van der Waals surface area contributed by atoms with Gasteiger partial charge in [-0.25, -0.2) is 18.1 Å². The van der Waals surface area contributed by atoms with Gasteiger partial charge in [-0.2, -0.15) is 0 Å². The Labute approximate surface area is 104 Å². The summed E-state index contributed by atoms with van der Waals surface area (Å²) in [6, 6.07) is 2.41. The molecule has 0 aliphatic heterocycles. The first-order valence-corrected chi connectivity index (χ1v) is 6.62. The number of aromatic amines is 1. The van der Waals surface area contributed by atoms with Gasteiger partial charge >= 0.3 is 0 Å². The van der Waals surface area contributed by atoms with Crippen LogP contribution in [-0.4, -0.2) is 23.0 Å². The van der Waals surface area contributed by atoms with E-state index in [0.29, 0.717) is 5.82 Å². The van der Waals surface area contributed by atoms with Gasteiger partial charge in [-0.1, -0.05) is 0 Å². The molecule has 0 aliphatic rings. The monoisotopic (exact) mass is 268 g/mol. The first-order chi connectivity index (χ1) is 8.49. The zero-order valence-corrected chi connectivity index (χ0v) is 10.4. The van der Waals surface area contributed by atoms with Crippen molar-refractivity contribution in [2.24, 2.45) is 7.05 Å². The van der Waals surface area contributed by atoms with Crippen molar-refractivity contribution in [1.29, 1.82) is 0 Å². The van der Waals surface area contributed by atoms with E-state index in [1.165, 1.54) is 6.07 Å². The quantitative estimate of drug-likeness (QED) is 0.787. The Hall–Kier alpha value is -1.93. The molecule has 0 radical (unpaired) electrons. The number of nitrogens with zero attached hydrogens (tertiary/aromatic N) is 2. The summed E-state index contributed by atoms with van der Waals surface area (Å²) < 4.78 is 27.9. The molecule has 0 saturated carbocycles. The van der Waals surface area contributed by atoms with Gasteiger partial charge in [0, 0.05) is 31.7 Å². The SMILES string of the molecule is Cn1ccnc1CNS(=O)(=O)c1ccc(=O)[nH]c1. The van der Waals surface area contributed by atoms with Crippen LogP contribution in [0, 0.1) is 0 Å². The van der Waals surface area contributed by atoms with E-state index in [9.17, 15) is 13.2 Å². The van der Waals surface area contributed by atoms with Crippen LogP contribution in [0.3, 0.4) is 0 Å². The van der Waals surface area contributed by atoms with Gasteiger partial charge < -0.3 is 9.55 Å². The number of nitrogens with one attached hydrogen (secondary N) is 2. The molecule has 0 spiro atoms. The van der Waals surface area contributed by atoms with E-state index in [1.807, 2.05) is 0 Å². The van der Waals surface area contributed by atoms with Gasteiger partial charge in [0.1, 0.15) is 5.82 Å². The number of rotatable bonds is 4. The smallest absolute Gasteiger partial charge is 0.247 e. The lowest BCUT2D eigenvalue weighted by atomic mass is 10.5. The third kappa shape index (κ3) is 2.66. The molecule has 7 nitrogen and oxygen atoms in total. The van der Waals surface area contributed by atoms with Gasteiger partial charge in [0.2, 0.25) is 15.6 Å². The average Bonchev–Trinajstić information content (AvgIpc) is 2.73. The van der Waals surface area contributed by atoms with E-state index in [2.05, 4.69) is 14.7 Å². The number of hydrogen-bond acceptors (Lipinski definition) is 4. The molecule has 2 aromatic heterocycles. The minimum Gasteiger partial charge on any atom is -0.337 e. The molecular formula is C10H12N4O3S. The van der Waals surface area contributed by atoms with Crippen molar-refractivity contribution in [1.82, 2.24) is 19.3 Å². The van der Waals surface area contributed by atoms with Gasteiger partial charge in [0.15, 0.2) is 0 Å². The molecule has 8 heteroatoms. The van der Waals surface area contributed by atoms with E-state index in [-0.39, 0.29) is 17.0 Å². The lowest BCUT2D eigenvalue weighted by Gasteiger charge is -2.06. The second-order valence-electron chi connectivity index (χ2n) is 3.67. The maximum atomic E-state index is 11.9. The topological polar surface area (TPSA) is 96.8 Å². The number of imidazole rings is 1. The maximum Gasteiger partial charge on any atom is 0.247 e. The molecule has 2 rings (SSSR count). The summed E-state index contributed by atoms with van der Waals surface area (Å²) in [5, 5.41) is 0. The van der Waals surface area contributed by atoms with Crippen molar-refractivity contribution in [2.45, 2.75) is 11.4 Å². The molecule has 0 aliphatic carbocycles. The average molecular weight is 268 g/mol. The van der Waals surface area contributed by atoms with Crippen molar-refractivity contribution in [3.05, 3.63) is 46.9 Å². The van der Waals surface area contributed by atoms with Crippen LogP contribution in [0.15, 0.2) is 40.4 Å². The second-order valence-corrected chi connectivity index (χ2v) is 5.43. The summed E-state index contributed by atoms with van der Waals surface area (Å²) in [6.07, 6.45) is 4.47. The van der Waals surface area contributed by atoms with E-state index < -0.39 is 10.0 Å². The fourth-order valence-electron chi connectivity index (χ4n) is 1.37. The standard InChI is InChI=1S/C10H12N4O3S/c1-14-5-4-11-9(14)7-13-18(16,17)8-2-3-10(15)12-6-8/h2-6,13H,7H2,1H3,(H,12,15). The highest BCUT2D eigenvalue weighted by molar-refractivity contribution is 7.89. The Bertz CT molecular complexity index is 681. The van der Waals surface area contributed by atoms with Gasteiger partial charge in [-0.05, 0) is 6.07 Å². The number of aryl methyl sites for hydroxylation is 1. The zero-order chi connectivity index (χ0) is 13.2. The molecule has 0 atom stereocenters. The Balaban J connectivity index is 2.15. The Morgan fingerprint density at radius 3 is 2.78 bits per heavy atom. The van der Waals surface area contributed by atoms with Gasteiger partial charge in [0.25, 0.3) is 0 Å². The molecule has 2 N–H and O–H groups in total. The minimum atomic E-state index is -3.64. The van der Waals surface area contributed by atoms with Crippen molar-refractivity contribution >= 4 is 10.0 Å². The van der Waals surface area contributed by atoms with E-state index in [4.69, 9.17) is 0 Å². The van der Waals surface area contributed by atoms with Crippen LogP contribution < -0.4 is 10.3 Å². The molecule has 0 aromatic carbocycles. The van der Waals surface area contributed by atoms with Crippen LogP contribution in [-0.2, 0) is 23.6 Å². The molecule has 18 heavy (non-hydrogen) atoms. The molecule has 0 fully saturated rings. The highest BCUT2D eigenvalue weighted by Crippen LogP contribution is 2.05. The highest BCUT2D eigenvalue weighted by Gasteiger charge is 2.14. The van der Waals surface area contributed by atoms with E-state index in [0.717, 1.165) is 12.3 Å². The van der Waals surface area contributed by atoms with Crippen molar-refractivity contribution in [3.8, 4) is 0 Å². The van der Waals surface area contributed by atoms with Crippen LogP contribution in [0.2, 0.25) is 0 Å². The first kappa shape index (κ1) is 12.5. The normalized spacial score (nSPS) is 11.6. The molecule has 2 heterocycles.